The highest BCUT2D eigenvalue weighted by atomic mass is 32.1. The molecule has 0 saturated carbocycles. The predicted octanol–water partition coefficient (Wildman–Crippen LogP) is -0.564. The summed E-state index contributed by atoms with van der Waals surface area (Å²) in [5.41, 5.74) is 0.424. The Morgan fingerprint density at radius 1 is 1.60 bits per heavy atom. The Morgan fingerprint density at radius 2 is 2.30 bits per heavy atom. The van der Waals surface area contributed by atoms with E-state index in [4.69, 9.17) is 14.8 Å². The second kappa shape index (κ2) is 3.05. The summed E-state index contributed by atoms with van der Waals surface area (Å²) in [4.78, 5) is 0. The largest absolute Gasteiger partial charge is 0.493 e. The maximum Gasteiger partial charge on any atom is 0.493 e. The second-order valence-corrected chi connectivity index (χ2v) is 2.62. The fourth-order valence-corrected chi connectivity index (χ4v) is 1.41. The van der Waals surface area contributed by atoms with Crippen molar-refractivity contribution >= 4 is 23.9 Å². The van der Waals surface area contributed by atoms with Crippen LogP contribution in [0, 0.1) is 0 Å². The number of hydrogen-bond donors (Lipinski definition) is 2. The van der Waals surface area contributed by atoms with Crippen LogP contribution in [0.15, 0.2) is 11.4 Å². The Hall–Kier alpha value is -0.515. The molecule has 0 unspecified atom stereocenters. The van der Waals surface area contributed by atoms with Crippen molar-refractivity contribution in [1.29, 1.82) is 0 Å². The van der Waals surface area contributed by atoms with Crippen molar-refractivity contribution in [3.05, 3.63) is 11.4 Å². The van der Waals surface area contributed by atoms with Crippen LogP contribution in [0.5, 0.6) is 5.06 Å². The first-order valence-corrected chi connectivity index (χ1v) is 3.61. The molecule has 0 radical (unpaired) electrons. The normalized spacial score (nSPS) is 9.50. The lowest BCUT2D eigenvalue weighted by Gasteiger charge is -1.98. The molecule has 1 aromatic heterocycles. The molecular formula is C5H7BO3S. The third-order valence-electron chi connectivity index (χ3n) is 1.12. The molecule has 0 atom stereocenters. The lowest BCUT2D eigenvalue weighted by atomic mass is 9.82. The van der Waals surface area contributed by atoms with Crippen LogP contribution in [0.4, 0.5) is 0 Å². The van der Waals surface area contributed by atoms with E-state index >= 15 is 0 Å². The number of ether oxygens (including phenoxy) is 1. The lowest BCUT2D eigenvalue weighted by Crippen LogP contribution is -2.29. The van der Waals surface area contributed by atoms with Gasteiger partial charge in [0.1, 0.15) is 0 Å². The third-order valence-corrected chi connectivity index (χ3v) is 2.01. The highest BCUT2D eigenvalue weighted by Crippen LogP contribution is 2.15. The zero-order valence-electron chi connectivity index (χ0n) is 5.44. The van der Waals surface area contributed by atoms with E-state index in [1.807, 2.05) is 0 Å². The minimum Gasteiger partial charge on any atom is -0.488 e. The third kappa shape index (κ3) is 1.31. The van der Waals surface area contributed by atoms with Gasteiger partial charge in [-0.3, -0.25) is 0 Å². The predicted molar refractivity (Wildman–Crippen MR) is 40.7 cm³/mol. The number of rotatable bonds is 2. The van der Waals surface area contributed by atoms with Gasteiger partial charge in [-0.25, -0.2) is 0 Å². The van der Waals surface area contributed by atoms with Crippen molar-refractivity contribution in [2.75, 3.05) is 7.11 Å². The Kier molecular flexibility index (Phi) is 2.31. The van der Waals surface area contributed by atoms with Gasteiger partial charge in [-0.15, -0.1) is 11.3 Å². The van der Waals surface area contributed by atoms with Crippen LogP contribution in [0.2, 0.25) is 0 Å². The number of methoxy groups -OCH3 is 1. The summed E-state index contributed by atoms with van der Waals surface area (Å²) in [7, 11) is 0.0683. The maximum absolute atomic E-state index is 8.71. The molecule has 0 aliphatic heterocycles. The number of thiophene rings is 1. The smallest absolute Gasteiger partial charge is 0.488 e. The van der Waals surface area contributed by atoms with Crippen LogP contribution in [0.1, 0.15) is 0 Å². The first-order chi connectivity index (χ1) is 4.75. The first kappa shape index (κ1) is 7.59. The molecule has 0 saturated heterocycles. The fourth-order valence-electron chi connectivity index (χ4n) is 0.663. The molecule has 0 aliphatic rings. The Bertz CT molecular complexity index is 210. The van der Waals surface area contributed by atoms with Gasteiger partial charge in [0.05, 0.1) is 7.11 Å². The average Bonchev–Trinajstić information content (AvgIpc) is 2.33. The highest BCUT2D eigenvalue weighted by molar-refractivity contribution is 7.13. The van der Waals surface area contributed by atoms with Crippen LogP contribution in [0.3, 0.4) is 0 Å². The van der Waals surface area contributed by atoms with Gasteiger partial charge in [-0.2, -0.15) is 0 Å². The molecule has 0 amide bonds. The van der Waals surface area contributed by atoms with E-state index in [0.717, 1.165) is 0 Å². The Balaban J connectivity index is 2.90. The molecule has 0 spiro atoms. The molecule has 5 heteroatoms. The van der Waals surface area contributed by atoms with E-state index in [-0.39, 0.29) is 0 Å². The molecule has 2 N–H and O–H groups in total. The standard InChI is InChI=1S/C5H7BO3S/c1-9-5-4(6(7)8)2-3-10-5/h2-3,7-8H,1H3. The van der Waals surface area contributed by atoms with Crippen molar-refractivity contribution in [2.45, 2.75) is 0 Å². The molecule has 0 aliphatic carbocycles. The molecule has 0 aromatic carbocycles. The summed E-state index contributed by atoms with van der Waals surface area (Å²) in [6.45, 7) is 0. The van der Waals surface area contributed by atoms with Crippen LogP contribution in [0.25, 0.3) is 0 Å². The van der Waals surface area contributed by atoms with Crippen LogP contribution in [-0.2, 0) is 0 Å². The summed E-state index contributed by atoms with van der Waals surface area (Å²) < 4.78 is 4.85. The summed E-state index contributed by atoms with van der Waals surface area (Å²) in [6, 6.07) is 1.62. The zero-order valence-corrected chi connectivity index (χ0v) is 6.26. The Morgan fingerprint density at radius 3 is 2.70 bits per heavy atom. The van der Waals surface area contributed by atoms with Crippen LogP contribution in [-0.4, -0.2) is 24.3 Å². The quantitative estimate of drug-likeness (QED) is 0.567. The van der Waals surface area contributed by atoms with Crippen molar-refractivity contribution in [3.8, 4) is 5.06 Å². The second-order valence-electron chi connectivity index (χ2n) is 1.74. The van der Waals surface area contributed by atoms with Gasteiger partial charge in [0.25, 0.3) is 0 Å². The van der Waals surface area contributed by atoms with Crippen LogP contribution < -0.4 is 10.2 Å². The molecule has 0 fully saturated rings. The topological polar surface area (TPSA) is 49.7 Å². The Labute approximate surface area is 63.0 Å². The van der Waals surface area contributed by atoms with Gasteiger partial charge >= 0.3 is 7.12 Å². The average molecular weight is 158 g/mol. The van der Waals surface area contributed by atoms with Crippen LogP contribution >= 0.6 is 11.3 Å². The number of hydrogen-bond acceptors (Lipinski definition) is 4. The van der Waals surface area contributed by atoms with Crippen molar-refractivity contribution in [1.82, 2.24) is 0 Å². The zero-order chi connectivity index (χ0) is 7.56. The molecule has 3 nitrogen and oxygen atoms in total. The van der Waals surface area contributed by atoms with Gasteiger partial charge in [-0.1, -0.05) is 0 Å². The van der Waals surface area contributed by atoms with Gasteiger partial charge in [0.2, 0.25) is 0 Å². The van der Waals surface area contributed by atoms with Gasteiger partial charge in [0, 0.05) is 5.46 Å². The monoisotopic (exact) mass is 158 g/mol. The SMILES string of the molecule is COc1sccc1B(O)O. The molecular weight excluding hydrogens is 151 g/mol. The van der Waals surface area contributed by atoms with Crippen molar-refractivity contribution < 1.29 is 14.8 Å². The highest BCUT2D eigenvalue weighted by Gasteiger charge is 2.17. The molecule has 0 bridgehead atoms. The summed E-state index contributed by atoms with van der Waals surface area (Å²) in [6.07, 6.45) is 0. The van der Waals surface area contributed by atoms with E-state index in [0.29, 0.717) is 10.5 Å². The maximum atomic E-state index is 8.71. The van der Waals surface area contributed by atoms with Gasteiger partial charge < -0.3 is 14.8 Å². The summed E-state index contributed by atoms with van der Waals surface area (Å²) in [5.74, 6) is 0. The summed E-state index contributed by atoms with van der Waals surface area (Å²) >= 11 is 1.34. The minimum atomic E-state index is -1.43. The first-order valence-electron chi connectivity index (χ1n) is 2.73. The molecule has 10 heavy (non-hydrogen) atoms. The molecule has 1 rings (SSSR count). The van der Waals surface area contributed by atoms with Gasteiger partial charge in [0.15, 0.2) is 5.06 Å². The lowest BCUT2D eigenvalue weighted by molar-refractivity contribution is 0.410. The van der Waals surface area contributed by atoms with Gasteiger partial charge in [-0.05, 0) is 11.4 Å². The van der Waals surface area contributed by atoms with Crippen molar-refractivity contribution in [2.24, 2.45) is 0 Å². The van der Waals surface area contributed by atoms with E-state index in [2.05, 4.69) is 0 Å². The summed E-state index contributed by atoms with van der Waals surface area (Å²) in [5, 5.41) is 19.7. The van der Waals surface area contributed by atoms with Crippen molar-refractivity contribution in [3.63, 3.8) is 0 Å². The van der Waals surface area contributed by atoms with E-state index in [1.54, 1.807) is 11.4 Å². The fraction of sp³-hybridized carbons (Fsp3) is 0.200. The van der Waals surface area contributed by atoms with E-state index < -0.39 is 7.12 Å². The minimum absolute atomic E-state index is 0.424. The van der Waals surface area contributed by atoms with E-state index in [9.17, 15) is 0 Å². The molecule has 54 valence electrons. The van der Waals surface area contributed by atoms with E-state index in [1.165, 1.54) is 18.4 Å². The molecule has 1 aromatic rings. The molecule has 1 heterocycles.